The summed E-state index contributed by atoms with van der Waals surface area (Å²) in [5.41, 5.74) is 5.79. The van der Waals surface area contributed by atoms with E-state index in [4.69, 9.17) is 0 Å². The van der Waals surface area contributed by atoms with Crippen LogP contribution in [0.2, 0.25) is 0 Å². The second-order valence-corrected chi connectivity index (χ2v) is 5.24. The Bertz CT molecular complexity index is 471. The molecular weight excluding hydrogens is 247 g/mol. The monoisotopic (exact) mass is 266 g/mol. The number of hydrogen-bond acceptors (Lipinski definition) is 3. The van der Waals surface area contributed by atoms with Crippen LogP contribution in [-0.2, 0) is 4.79 Å². The molecule has 0 heterocycles. The molecule has 5 heteroatoms. The van der Waals surface area contributed by atoms with Gasteiger partial charge in [0.05, 0.1) is 17.7 Å². The van der Waals surface area contributed by atoms with Crippen LogP contribution in [-0.4, -0.2) is 16.6 Å². The number of nitrogens with one attached hydrogen (secondary N) is 2. The zero-order valence-electron chi connectivity index (χ0n) is 11.0. The van der Waals surface area contributed by atoms with Gasteiger partial charge in [0, 0.05) is 0 Å². The van der Waals surface area contributed by atoms with Crippen molar-refractivity contribution in [3.05, 3.63) is 29.6 Å². The second kappa shape index (κ2) is 5.57. The average Bonchev–Trinajstić information content (AvgIpc) is 2.74. The summed E-state index contributed by atoms with van der Waals surface area (Å²) in [5.74, 6) is -0.567. The molecule has 1 aromatic carbocycles. The molecule has 1 fully saturated rings. The van der Waals surface area contributed by atoms with Crippen molar-refractivity contribution in [2.45, 2.75) is 44.6 Å². The Morgan fingerprint density at radius 2 is 2.11 bits per heavy atom. The number of hydrogen-bond donors (Lipinski definition) is 3. The maximum atomic E-state index is 12.9. The highest BCUT2D eigenvalue weighted by Gasteiger charge is 2.33. The molecular formula is C14H19FN2O2. The number of hydrazine groups is 1. The lowest BCUT2D eigenvalue weighted by Crippen LogP contribution is -2.37. The second-order valence-electron chi connectivity index (χ2n) is 5.24. The number of amides is 1. The van der Waals surface area contributed by atoms with E-state index >= 15 is 0 Å². The number of halogens is 1. The molecule has 0 atom stereocenters. The van der Waals surface area contributed by atoms with Crippen molar-refractivity contribution in [1.82, 2.24) is 5.43 Å². The van der Waals surface area contributed by atoms with Gasteiger partial charge in [-0.2, -0.15) is 0 Å². The van der Waals surface area contributed by atoms with Crippen molar-refractivity contribution in [1.29, 1.82) is 0 Å². The summed E-state index contributed by atoms with van der Waals surface area (Å²) in [5, 5.41) is 10.1. The minimum Gasteiger partial charge on any atom is -0.389 e. The molecule has 2 rings (SSSR count). The Labute approximate surface area is 112 Å². The number of carbonyl (C=O) groups excluding carboxylic acids is 1. The molecule has 0 aromatic heterocycles. The van der Waals surface area contributed by atoms with E-state index in [-0.39, 0.29) is 18.1 Å². The first-order valence-electron chi connectivity index (χ1n) is 6.52. The Hall–Kier alpha value is -1.62. The highest BCUT2D eigenvalue weighted by atomic mass is 19.1. The van der Waals surface area contributed by atoms with Gasteiger partial charge in [-0.05, 0) is 43.5 Å². The summed E-state index contributed by atoms with van der Waals surface area (Å²) in [7, 11) is 0. The quantitative estimate of drug-likeness (QED) is 0.733. The number of rotatable bonds is 4. The molecule has 3 N–H and O–H groups in total. The topological polar surface area (TPSA) is 61.4 Å². The first kappa shape index (κ1) is 13.8. The molecule has 1 aliphatic rings. The third-order valence-corrected chi connectivity index (χ3v) is 3.55. The first-order valence-corrected chi connectivity index (χ1v) is 6.52. The summed E-state index contributed by atoms with van der Waals surface area (Å²) in [6.45, 7) is 1.75. The standard InChI is InChI=1S/C14H19FN2O2/c1-10-8-11(15)4-5-12(10)16-17-13(18)9-14(19)6-2-3-7-14/h4-5,8,16,19H,2-3,6-7,9H2,1H3,(H,17,18). The van der Waals surface area contributed by atoms with Crippen LogP contribution in [0.3, 0.4) is 0 Å². The van der Waals surface area contributed by atoms with E-state index in [1.54, 1.807) is 13.0 Å². The van der Waals surface area contributed by atoms with Gasteiger partial charge in [0.15, 0.2) is 0 Å². The molecule has 1 aliphatic carbocycles. The zero-order valence-corrected chi connectivity index (χ0v) is 11.0. The van der Waals surface area contributed by atoms with Gasteiger partial charge in [-0.15, -0.1) is 0 Å². The first-order chi connectivity index (χ1) is 8.98. The normalized spacial score (nSPS) is 17.2. The van der Waals surface area contributed by atoms with Crippen molar-refractivity contribution >= 4 is 11.6 Å². The van der Waals surface area contributed by atoms with Crippen LogP contribution in [0.4, 0.5) is 10.1 Å². The molecule has 0 saturated heterocycles. The van der Waals surface area contributed by atoms with Gasteiger partial charge in [-0.1, -0.05) is 12.8 Å². The molecule has 1 amide bonds. The van der Waals surface area contributed by atoms with Crippen molar-refractivity contribution in [2.24, 2.45) is 0 Å². The molecule has 19 heavy (non-hydrogen) atoms. The lowest BCUT2D eigenvalue weighted by Gasteiger charge is -2.21. The molecule has 0 spiro atoms. The lowest BCUT2D eigenvalue weighted by molar-refractivity contribution is -0.125. The Kier molecular flexibility index (Phi) is 4.04. The minimum atomic E-state index is -0.858. The zero-order chi connectivity index (χ0) is 13.9. The van der Waals surface area contributed by atoms with Gasteiger partial charge in [0.25, 0.3) is 0 Å². The van der Waals surface area contributed by atoms with Crippen LogP contribution in [0.5, 0.6) is 0 Å². The molecule has 4 nitrogen and oxygen atoms in total. The SMILES string of the molecule is Cc1cc(F)ccc1NNC(=O)CC1(O)CCCC1. The van der Waals surface area contributed by atoms with E-state index in [0.29, 0.717) is 24.1 Å². The maximum Gasteiger partial charge on any atom is 0.241 e. The van der Waals surface area contributed by atoms with Gasteiger partial charge in [0.1, 0.15) is 5.82 Å². The Morgan fingerprint density at radius 3 is 2.74 bits per heavy atom. The number of anilines is 1. The fourth-order valence-corrected chi connectivity index (χ4v) is 2.46. The predicted octanol–water partition coefficient (Wildman–Crippen LogP) is 2.27. The molecule has 0 aliphatic heterocycles. The number of carbonyl (C=O) groups is 1. The lowest BCUT2D eigenvalue weighted by atomic mass is 9.98. The van der Waals surface area contributed by atoms with Crippen LogP contribution >= 0.6 is 0 Å². The highest BCUT2D eigenvalue weighted by molar-refractivity contribution is 5.78. The smallest absolute Gasteiger partial charge is 0.241 e. The van der Waals surface area contributed by atoms with Crippen LogP contribution < -0.4 is 10.9 Å². The van der Waals surface area contributed by atoms with Crippen molar-refractivity contribution in [3.63, 3.8) is 0 Å². The minimum absolute atomic E-state index is 0.0975. The van der Waals surface area contributed by atoms with Crippen LogP contribution in [0.25, 0.3) is 0 Å². The van der Waals surface area contributed by atoms with Gasteiger partial charge >= 0.3 is 0 Å². The van der Waals surface area contributed by atoms with Crippen LogP contribution in [0.1, 0.15) is 37.7 Å². The summed E-state index contributed by atoms with van der Waals surface area (Å²) in [6, 6.07) is 4.28. The van der Waals surface area contributed by atoms with Crippen molar-refractivity contribution < 1.29 is 14.3 Å². The van der Waals surface area contributed by atoms with E-state index in [0.717, 1.165) is 12.8 Å². The van der Waals surface area contributed by atoms with Crippen molar-refractivity contribution in [3.8, 4) is 0 Å². The van der Waals surface area contributed by atoms with Crippen LogP contribution in [0, 0.1) is 12.7 Å². The third kappa shape index (κ3) is 3.67. The van der Waals surface area contributed by atoms with Gasteiger partial charge in [-0.3, -0.25) is 15.6 Å². The maximum absolute atomic E-state index is 12.9. The molecule has 0 bridgehead atoms. The van der Waals surface area contributed by atoms with E-state index in [2.05, 4.69) is 10.9 Å². The fourth-order valence-electron chi connectivity index (χ4n) is 2.46. The fraction of sp³-hybridized carbons (Fsp3) is 0.500. The van der Waals surface area contributed by atoms with Crippen molar-refractivity contribution in [2.75, 3.05) is 5.43 Å². The summed E-state index contributed by atoms with van der Waals surface area (Å²) < 4.78 is 12.9. The van der Waals surface area contributed by atoms with E-state index in [1.807, 2.05) is 0 Å². The van der Waals surface area contributed by atoms with E-state index < -0.39 is 5.60 Å². The molecule has 104 valence electrons. The molecule has 1 saturated carbocycles. The summed E-state index contributed by atoms with van der Waals surface area (Å²) in [4.78, 5) is 11.7. The van der Waals surface area contributed by atoms with E-state index in [9.17, 15) is 14.3 Å². The Balaban J connectivity index is 1.86. The number of aliphatic hydroxyl groups is 1. The number of aryl methyl sites for hydroxylation is 1. The molecule has 0 radical (unpaired) electrons. The largest absolute Gasteiger partial charge is 0.389 e. The van der Waals surface area contributed by atoms with Gasteiger partial charge < -0.3 is 5.11 Å². The van der Waals surface area contributed by atoms with Crippen LogP contribution in [0.15, 0.2) is 18.2 Å². The summed E-state index contributed by atoms with van der Waals surface area (Å²) >= 11 is 0. The third-order valence-electron chi connectivity index (χ3n) is 3.55. The van der Waals surface area contributed by atoms with E-state index in [1.165, 1.54) is 12.1 Å². The van der Waals surface area contributed by atoms with Gasteiger partial charge in [0.2, 0.25) is 5.91 Å². The summed E-state index contributed by atoms with van der Waals surface area (Å²) in [6.07, 6.45) is 3.38. The average molecular weight is 266 g/mol. The Morgan fingerprint density at radius 1 is 1.42 bits per heavy atom. The van der Waals surface area contributed by atoms with Gasteiger partial charge in [-0.25, -0.2) is 4.39 Å². The molecule has 0 unspecified atom stereocenters. The molecule has 1 aromatic rings. The highest BCUT2D eigenvalue weighted by Crippen LogP contribution is 2.32. The number of benzene rings is 1. The predicted molar refractivity (Wildman–Crippen MR) is 70.9 cm³/mol.